The second-order valence-corrected chi connectivity index (χ2v) is 6.32. The molecule has 1 aliphatic heterocycles. The molecule has 1 amide bonds. The van der Waals surface area contributed by atoms with E-state index in [-0.39, 0.29) is 6.61 Å². The maximum absolute atomic E-state index is 12.8. The monoisotopic (exact) mass is 347 g/mol. The average molecular weight is 347 g/mol. The van der Waals surface area contributed by atoms with E-state index in [1.54, 1.807) is 42.5 Å². The Labute approximate surface area is 151 Å². The van der Waals surface area contributed by atoms with E-state index in [2.05, 4.69) is 6.07 Å². The van der Waals surface area contributed by atoms with Gasteiger partial charge >= 0.3 is 0 Å². The number of hydrogen-bond acceptors (Lipinski definition) is 5. The maximum Gasteiger partial charge on any atom is 0.262 e. The molecule has 0 saturated carbocycles. The molecule has 0 aliphatic carbocycles. The summed E-state index contributed by atoms with van der Waals surface area (Å²) < 4.78 is 5.52. The maximum atomic E-state index is 12.8. The number of fused-ring (bicyclic) bond motifs is 1. The first kappa shape index (κ1) is 17.5. The van der Waals surface area contributed by atoms with Crippen LogP contribution < -0.4 is 9.64 Å². The van der Waals surface area contributed by atoms with Crippen molar-refractivity contribution < 1.29 is 14.6 Å². The van der Waals surface area contributed by atoms with Crippen LogP contribution in [0.3, 0.4) is 0 Å². The molecule has 130 valence electrons. The Kier molecular flexibility index (Phi) is 4.62. The second kappa shape index (κ2) is 6.87. The molecule has 0 unspecified atom stereocenters. The van der Waals surface area contributed by atoms with Gasteiger partial charge in [0, 0.05) is 12.2 Å². The Morgan fingerprint density at radius 3 is 2.62 bits per heavy atom. The number of carbonyl (C=O) groups is 1. The molecule has 1 atom stereocenters. The Morgan fingerprint density at radius 2 is 1.96 bits per heavy atom. The lowest BCUT2D eigenvalue weighted by Crippen LogP contribution is -2.50. The molecule has 0 fully saturated rings. The number of rotatable bonds is 4. The molecule has 0 spiro atoms. The van der Waals surface area contributed by atoms with Gasteiger partial charge in [0.25, 0.3) is 5.91 Å². The highest BCUT2D eigenvalue weighted by molar-refractivity contribution is 6.01. The Hall–Kier alpha value is -3.35. The summed E-state index contributed by atoms with van der Waals surface area (Å²) in [6.45, 7) is 1.60. The molecule has 1 aliphatic rings. The molecule has 0 saturated heterocycles. The van der Waals surface area contributed by atoms with Crippen LogP contribution in [0.1, 0.15) is 23.6 Å². The molecule has 0 radical (unpaired) electrons. The van der Waals surface area contributed by atoms with Gasteiger partial charge in [-0.25, -0.2) is 0 Å². The number of nitrogens with zero attached hydrogens (tertiary/aromatic N) is 3. The summed E-state index contributed by atoms with van der Waals surface area (Å²) in [7, 11) is 0. The van der Waals surface area contributed by atoms with E-state index in [0.29, 0.717) is 35.5 Å². The summed E-state index contributed by atoms with van der Waals surface area (Å²) in [5, 5.41) is 28.6. The highest BCUT2D eigenvalue weighted by Crippen LogP contribution is 2.32. The van der Waals surface area contributed by atoms with Crippen LogP contribution in [-0.4, -0.2) is 29.8 Å². The van der Waals surface area contributed by atoms with Crippen molar-refractivity contribution in [1.82, 2.24) is 0 Å². The van der Waals surface area contributed by atoms with E-state index in [0.717, 1.165) is 5.56 Å². The van der Waals surface area contributed by atoms with Crippen molar-refractivity contribution in [3.8, 4) is 17.9 Å². The molecular weight excluding hydrogens is 330 g/mol. The number of hydrogen-bond donors (Lipinski definition) is 1. The highest BCUT2D eigenvalue weighted by atomic mass is 16.5. The van der Waals surface area contributed by atoms with Gasteiger partial charge in [0.05, 0.1) is 23.3 Å². The molecule has 0 aromatic heterocycles. The first-order chi connectivity index (χ1) is 12.5. The van der Waals surface area contributed by atoms with E-state index in [1.165, 1.54) is 11.8 Å². The van der Waals surface area contributed by atoms with Gasteiger partial charge in [-0.2, -0.15) is 10.5 Å². The third-order valence-corrected chi connectivity index (χ3v) is 4.36. The molecular formula is C20H17N3O3. The topological polar surface area (TPSA) is 97.3 Å². The quantitative estimate of drug-likeness (QED) is 0.914. The van der Waals surface area contributed by atoms with Crippen molar-refractivity contribution in [1.29, 1.82) is 10.5 Å². The molecule has 1 heterocycles. The fourth-order valence-electron chi connectivity index (χ4n) is 2.95. The summed E-state index contributed by atoms with van der Waals surface area (Å²) in [5.74, 6) is -0.00866. The van der Waals surface area contributed by atoms with Crippen LogP contribution in [0.15, 0.2) is 42.5 Å². The standard InChI is InChI=1S/C20H17N3O3/c1-20(25,13-26-16-7-5-14(11-21)6-8-16)19(24)23-10-9-17-15(12-22)3-2-4-18(17)23/h2-8,25H,9-10,13H2,1H3/t20-/m0/s1. The minimum atomic E-state index is -1.72. The number of nitriles is 2. The molecule has 2 aromatic rings. The summed E-state index contributed by atoms with van der Waals surface area (Å²) in [6, 6.07) is 15.8. The zero-order valence-electron chi connectivity index (χ0n) is 14.3. The summed E-state index contributed by atoms with van der Waals surface area (Å²) in [4.78, 5) is 14.3. The summed E-state index contributed by atoms with van der Waals surface area (Å²) in [6.07, 6.45) is 0.581. The normalized spacial score (nSPS) is 14.7. The van der Waals surface area contributed by atoms with Crippen LogP contribution in [0.4, 0.5) is 5.69 Å². The lowest BCUT2D eigenvalue weighted by molar-refractivity contribution is -0.137. The summed E-state index contributed by atoms with van der Waals surface area (Å²) in [5.41, 5.74) is 0.811. The first-order valence-electron chi connectivity index (χ1n) is 8.15. The molecule has 6 nitrogen and oxygen atoms in total. The van der Waals surface area contributed by atoms with E-state index < -0.39 is 11.5 Å². The zero-order chi connectivity index (χ0) is 18.7. The number of anilines is 1. The van der Waals surface area contributed by atoms with Gasteiger partial charge < -0.3 is 14.7 Å². The fourth-order valence-corrected chi connectivity index (χ4v) is 2.95. The van der Waals surface area contributed by atoms with Crippen molar-refractivity contribution in [2.45, 2.75) is 18.9 Å². The van der Waals surface area contributed by atoms with Gasteiger partial charge in [0.1, 0.15) is 12.4 Å². The minimum absolute atomic E-state index is 0.221. The molecule has 26 heavy (non-hydrogen) atoms. The number of aliphatic hydroxyl groups is 1. The molecule has 0 bridgehead atoms. The van der Waals surface area contributed by atoms with Gasteiger partial charge in [-0.3, -0.25) is 4.79 Å². The van der Waals surface area contributed by atoms with Crippen molar-refractivity contribution in [2.24, 2.45) is 0 Å². The Bertz CT molecular complexity index is 921. The van der Waals surface area contributed by atoms with Gasteiger partial charge in [0.2, 0.25) is 0 Å². The molecule has 2 aromatic carbocycles. The van der Waals surface area contributed by atoms with Crippen molar-refractivity contribution in [2.75, 3.05) is 18.1 Å². The SMILES string of the molecule is C[C@](O)(COc1ccc(C#N)cc1)C(=O)N1CCc2c(C#N)cccc21. The number of ether oxygens (including phenoxy) is 1. The van der Waals surface area contributed by atoms with E-state index in [4.69, 9.17) is 10.00 Å². The third-order valence-electron chi connectivity index (χ3n) is 4.36. The third kappa shape index (κ3) is 3.23. The molecule has 3 rings (SSSR count). The van der Waals surface area contributed by atoms with E-state index in [9.17, 15) is 15.2 Å². The second-order valence-electron chi connectivity index (χ2n) is 6.32. The van der Waals surface area contributed by atoms with Gasteiger partial charge in [0.15, 0.2) is 5.60 Å². The molecule has 6 heteroatoms. The van der Waals surface area contributed by atoms with Crippen LogP contribution in [0.2, 0.25) is 0 Å². The first-order valence-corrected chi connectivity index (χ1v) is 8.15. The van der Waals surface area contributed by atoms with Crippen molar-refractivity contribution >= 4 is 11.6 Å². The van der Waals surface area contributed by atoms with E-state index in [1.807, 2.05) is 6.07 Å². The van der Waals surface area contributed by atoms with Gasteiger partial charge in [-0.05, 0) is 55.3 Å². The number of amides is 1. The predicted octanol–water partition coefficient (Wildman–Crippen LogP) is 2.15. The predicted molar refractivity (Wildman–Crippen MR) is 94.5 cm³/mol. The van der Waals surface area contributed by atoms with Crippen LogP contribution in [-0.2, 0) is 11.2 Å². The summed E-state index contributed by atoms with van der Waals surface area (Å²) >= 11 is 0. The van der Waals surface area contributed by atoms with Crippen LogP contribution in [0, 0.1) is 22.7 Å². The lowest BCUT2D eigenvalue weighted by atomic mass is 10.0. The Morgan fingerprint density at radius 1 is 1.23 bits per heavy atom. The Balaban J connectivity index is 1.73. The van der Waals surface area contributed by atoms with Gasteiger partial charge in [-0.1, -0.05) is 6.07 Å². The smallest absolute Gasteiger partial charge is 0.262 e. The largest absolute Gasteiger partial charge is 0.490 e. The lowest BCUT2D eigenvalue weighted by Gasteiger charge is -2.28. The number of benzene rings is 2. The van der Waals surface area contributed by atoms with Crippen molar-refractivity contribution in [3.63, 3.8) is 0 Å². The van der Waals surface area contributed by atoms with Crippen LogP contribution in [0.25, 0.3) is 0 Å². The van der Waals surface area contributed by atoms with Crippen molar-refractivity contribution in [3.05, 3.63) is 59.2 Å². The fraction of sp³-hybridized carbons (Fsp3) is 0.250. The highest BCUT2D eigenvalue weighted by Gasteiger charge is 2.39. The van der Waals surface area contributed by atoms with Crippen LogP contribution in [0.5, 0.6) is 5.75 Å². The average Bonchev–Trinajstić information content (AvgIpc) is 3.10. The number of carbonyl (C=O) groups excluding carboxylic acids is 1. The minimum Gasteiger partial charge on any atom is -0.490 e. The van der Waals surface area contributed by atoms with Gasteiger partial charge in [-0.15, -0.1) is 0 Å². The zero-order valence-corrected chi connectivity index (χ0v) is 14.3. The molecule has 1 N–H and O–H groups in total. The van der Waals surface area contributed by atoms with Crippen LogP contribution >= 0.6 is 0 Å². The van der Waals surface area contributed by atoms with E-state index >= 15 is 0 Å².